The number of aliphatic hydroxyl groups is 1. The Hall–Kier alpha value is -2.16. The minimum atomic E-state index is -1.13. The van der Waals surface area contributed by atoms with E-state index >= 15 is 0 Å². The zero-order chi connectivity index (χ0) is 25.5. The van der Waals surface area contributed by atoms with E-state index < -0.39 is 35.0 Å². The molecule has 2 amide bonds. The van der Waals surface area contributed by atoms with Gasteiger partial charge in [0.25, 0.3) is 0 Å². The normalized spacial score (nSPS) is 33.2. The summed E-state index contributed by atoms with van der Waals surface area (Å²) in [7, 11) is 0. The van der Waals surface area contributed by atoms with E-state index in [2.05, 4.69) is 5.32 Å². The van der Waals surface area contributed by atoms with Gasteiger partial charge in [0.1, 0.15) is 17.6 Å². The average molecular weight is 507 g/mol. The van der Waals surface area contributed by atoms with Crippen LogP contribution in [0.4, 0.5) is 5.69 Å². The van der Waals surface area contributed by atoms with Crippen LogP contribution in [0.3, 0.4) is 0 Å². The van der Waals surface area contributed by atoms with E-state index in [0.29, 0.717) is 42.9 Å². The van der Waals surface area contributed by atoms with Crippen molar-refractivity contribution in [1.29, 1.82) is 0 Å². The largest absolute Gasteiger partial charge is 0.466 e. The van der Waals surface area contributed by atoms with Gasteiger partial charge in [-0.1, -0.05) is 30.7 Å². The highest BCUT2D eigenvalue weighted by molar-refractivity contribution is 6.34. The first-order valence-electron chi connectivity index (χ1n) is 12.5. The van der Waals surface area contributed by atoms with Crippen molar-refractivity contribution in [2.75, 3.05) is 25.1 Å². The fraction of sp³-hybridized carbons (Fsp3) is 0.654. The van der Waals surface area contributed by atoms with Gasteiger partial charge in [-0.05, 0) is 64.0 Å². The molecule has 3 fully saturated rings. The fourth-order valence-corrected chi connectivity index (χ4v) is 6.69. The number of carbonyl (C=O) groups is 3. The van der Waals surface area contributed by atoms with E-state index in [4.69, 9.17) is 26.2 Å². The Labute approximate surface area is 211 Å². The van der Waals surface area contributed by atoms with Crippen LogP contribution in [0, 0.1) is 24.7 Å². The summed E-state index contributed by atoms with van der Waals surface area (Å²) in [6.07, 6.45) is 2.44. The topological polar surface area (TPSA) is 105 Å². The SMILES string of the molecule is CCOC(=O)[C@@H]1[C@H]2C(=O)N(CCCCCO)C(C(=O)Nc3c(C)cccc3Cl)C23CC(C)[C@@]1(C)O3. The smallest absolute Gasteiger partial charge is 0.312 e. The van der Waals surface area contributed by atoms with Gasteiger partial charge < -0.3 is 24.8 Å². The van der Waals surface area contributed by atoms with E-state index in [1.54, 1.807) is 17.9 Å². The molecule has 0 aromatic heterocycles. The molecule has 1 aromatic carbocycles. The van der Waals surface area contributed by atoms with Crippen LogP contribution in [0.5, 0.6) is 0 Å². The first kappa shape index (κ1) is 25.9. The van der Waals surface area contributed by atoms with Gasteiger partial charge in [-0.3, -0.25) is 14.4 Å². The maximum Gasteiger partial charge on any atom is 0.312 e. The third-order valence-electron chi connectivity index (χ3n) is 8.13. The van der Waals surface area contributed by atoms with Crippen molar-refractivity contribution in [2.24, 2.45) is 17.8 Å². The summed E-state index contributed by atoms with van der Waals surface area (Å²) in [5, 5.41) is 12.5. The summed E-state index contributed by atoms with van der Waals surface area (Å²) < 4.78 is 12.0. The standard InChI is InChI=1S/C26H35ClN2O6/c1-5-34-24(33)19-18-23(32)29(12-7-6-8-13-30)21(26(18)14-16(3)25(19,4)35-26)22(31)28-20-15(2)10-9-11-17(20)27/h9-11,16,18-19,21,30H,5-8,12-14H2,1-4H3,(H,28,31)/t16?,18-,19-,21?,25+,26?/m0/s1. The molecule has 0 aliphatic carbocycles. The third-order valence-corrected chi connectivity index (χ3v) is 8.45. The Morgan fingerprint density at radius 1 is 1.31 bits per heavy atom. The molecule has 3 unspecified atom stereocenters. The average Bonchev–Trinajstić information content (AvgIpc) is 3.31. The number of aryl methyl sites for hydroxylation is 1. The second-order valence-corrected chi connectivity index (χ2v) is 10.6. The van der Waals surface area contributed by atoms with Crippen LogP contribution in [0.25, 0.3) is 0 Å². The summed E-state index contributed by atoms with van der Waals surface area (Å²) in [4.78, 5) is 42.5. The van der Waals surface area contributed by atoms with Crippen LogP contribution in [0.2, 0.25) is 5.02 Å². The Kier molecular flexibility index (Phi) is 7.19. The summed E-state index contributed by atoms with van der Waals surface area (Å²) in [5.74, 6) is -2.70. The Bertz CT molecular complexity index is 997. The van der Waals surface area contributed by atoms with Crippen molar-refractivity contribution in [2.45, 2.75) is 70.6 Å². The number of nitrogens with one attached hydrogen (secondary N) is 1. The lowest BCUT2D eigenvalue weighted by Gasteiger charge is -2.35. The molecule has 1 aromatic rings. The van der Waals surface area contributed by atoms with Gasteiger partial charge in [0.15, 0.2) is 0 Å². The van der Waals surface area contributed by atoms with Crippen LogP contribution in [0.1, 0.15) is 52.0 Å². The highest BCUT2D eigenvalue weighted by Gasteiger charge is 2.80. The van der Waals surface area contributed by atoms with Gasteiger partial charge in [-0.2, -0.15) is 0 Å². The fourth-order valence-electron chi connectivity index (χ4n) is 6.42. The number of unbranched alkanes of at least 4 members (excludes halogenated alkanes) is 2. The van der Waals surface area contributed by atoms with Crippen molar-refractivity contribution in [3.05, 3.63) is 28.8 Å². The van der Waals surface area contributed by atoms with Crippen molar-refractivity contribution in [3.8, 4) is 0 Å². The quantitative estimate of drug-likeness (QED) is 0.393. The molecule has 0 radical (unpaired) electrons. The number of benzene rings is 1. The predicted octanol–water partition coefficient (Wildman–Crippen LogP) is 3.32. The molecule has 4 rings (SSSR count). The predicted molar refractivity (Wildman–Crippen MR) is 131 cm³/mol. The van der Waals surface area contributed by atoms with Crippen LogP contribution >= 0.6 is 11.6 Å². The number of ether oxygens (including phenoxy) is 2. The van der Waals surface area contributed by atoms with Gasteiger partial charge >= 0.3 is 5.97 Å². The number of amides is 2. The number of fused-ring (bicyclic) bond motifs is 1. The van der Waals surface area contributed by atoms with E-state index in [1.165, 1.54) is 0 Å². The van der Waals surface area contributed by atoms with E-state index in [1.807, 2.05) is 32.9 Å². The van der Waals surface area contributed by atoms with Crippen molar-refractivity contribution in [1.82, 2.24) is 4.90 Å². The molecule has 192 valence electrons. The minimum Gasteiger partial charge on any atom is -0.466 e. The highest BCUT2D eigenvalue weighted by atomic mass is 35.5. The molecular weight excluding hydrogens is 472 g/mol. The highest BCUT2D eigenvalue weighted by Crippen LogP contribution is 2.65. The van der Waals surface area contributed by atoms with Crippen LogP contribution in [-0.2, 0) is 23.9 Å². The molecule has 9 heteroatoms. The van der Waals surface area contributed by atoms with Gasteiger partial charge in [0, 0.05) is 13.2 Å². The number of likely N-dealkylation sites (tertiary alicyclic amines) is 1. The van der Waals surface area contributed by atoms with E-state index in [-0.39, 0.29) is 30.9 Å². The van der Waals surface area contributed by atoms with Crippen molar-refractivity contribution in [3.63, 3.8) is 0 Å². The lowest BCUT2D eigenvalue weighted by molar-refractivity contribution is -0.160. The number of carbonyl (C=O) groups excluding carboxylic acids is 3. The number of hydrogen-bond donors (Lipinski definition) is 2. The van der Waals surface area contributed by atoms with Gasteiger partial charge in [-0.15, -0.1) is 0 Å². The minimum absolute atomic E-state index is 0.0485. The number of esters is 1. The Balaban J connectivity index is 1.74. The number of aliphatic hydroxyl groups excluding tert-OH is 1. The Morgan fingerprint density at radius 3 is 2.71 bits per heavy atom. The first-order chi connectivity index (χ1) is 16.6. The molecule has 8 nitrogen and oxygen atoms in total. The van der Waals surface area contributed by atoms with Crippen LogP contribution in [-0.4, -0.2) is 64.8 Å². The van der Waals surface area contributed by atoms with Crippen LogP contribution < -0.4 is 5.32 Å². The monoisotopic (exact) mass is 506 g/mol. The van der Waals surface area contributed by atoms with E-state index in [0.717, 1.165) is 5.56 Å². The van der Waals surface area contributed by atoms with Gasteiger partial charge in [0.05, 0.1) is 28.8 Å². The van der Waals surface area contributed by atoms with Gasteiger partial charge in [0.2, 0.25) is 11.8 Å². The van der Waals surface area contributed by atoms with Crippen LogP contribution in [0.15, 0.2) is 18.2 Å². The second kappa shape index (κ2) is 9.71. The van der Waals surface area contributed by atoms with Crippen molar-refractivity contribution >= 4 is 35.1 Å². The first-order valence-corrected chi connectivity index (χ1v) is 12.8. The zero-order valence-corrected chi connectivity index (χ0v) is 21.6. The zero-order valence-electron chi connectivity index (χ0n) is 20.8. The molecule has 2 bridgehead atoms. The molecule has 6 atom stereocenters. The molecular formula is C26H35ClN2O6. The lowest BCUT2D eigenvalue weighted by Crippen LogP contribution is -2.54. The lowest BCUT2D eigenvalue weighted by atomic mass is 9.62. The molecule has 3 saturated heterocycles. The molecule has 3 aliphatic heterocycles. The molecule has 3 aliphatic rings. The number of nitrogens with zero attached hydrogens (tertiary/aromatic N) is 1. The number of rotatable bonds is 9. The molecule has 1 spiro atoms. The second-order valence-electron chi connectivity index (χ2n) is 10.2. The molecule has 3 heterocycles. The maximum atomic E-state index is 13.9. The van der Waals surface area contributed by atoms with Gasteiger partial charge in [-0.25, -0.2) is 0 Å². The number of anilines is 1. The summed E-state index contributed by atoms with van der Waals surface area (Å²) in [6, 6.07) is 4.46. The van der Waals surface area contributed by atoms with Crippen molar-refractivity contribution < 1.29 is 29.0 Å². The summed E-state index contributed by atoms with van der Waals surface area (Å²) >= 11 is 6.39. The number of halogens is 1. The molecule has 2 N–H and O–H groups in total. The Morgan fingerprint density at radius 2 is 2.06 bits per heavy atom. The number of hydrogen-bond acceptors (Lipinski definition) is 6. The molecule has 0 saturated carbocycles. The summed E-state index contributed by atoms with van der Waals surface area (Å²) in [6.45, 7) is 8.05. The third kappa shape index (κ3) is 4.03. The molecule has 35 heavy (non-hydrogen) atoms. The maximum absolute atomic E-state index is 13.9. The van der Waals surface area contributed by atoms with E-state index in [9.17, 15) is 14.4 Å². The summed E-state index contributed by atoms with van der Waals surface area (Å²) in [5.41, 5.74) is -0.714. The number of para-hydroxylation sites is 1.